The normalized spacial score (nSPS) is 19.5. The Kier molecular flexibility index (Phi) is 3.71. The highest BCUT2D eigenvalue weighted by atomic mass is 79.9. The summed E-state index contributed by atoms with van der Waals surface area (Å²) in [5.41, 5.74) is 2.23. The molecular weight excluding hydrogens is 352 g/mol. The fourth-order valence-electron chi connectivity index (χ4n) is 2.89. The minimum Gasteiger partial charge on any atom is -0.346 e. The van der Waals surface area contributed by atoms with Crippen LogP contribution in [0, 0.1) is 6.92 Å². The molecule has 0 bridgehead atoms. The first kappa shape index (κ1) is 14.8. The van der Waals surface area contributed by atoms with Gasteiger partial charge in [0.2, 0.25) is 10.0 Å². The number of rotatable bonds is 2. The molecule has 2 heterocycles. The summed E-state index contributed by atoms with van der Waals surface area (Å²) in [5, 5.41) is 0. The average Bonchev–Trinajstić information content (AvgIpc) is 2.82. The highest BCUT2D eigenvalue weighted by Gasteiger charge is 2.34. The molecule has 21 heavy (non-hydrogen) atoms. The van der Waals surface area contributed by atoms with Crippen molar-refractivity contribution >= 4 is 26.0 Å². The molecule has 2 aromatic rings. The van der Waals surface area contributed by atoms with E-state index in [1.807, 2.05) is 25.1 Å². The Bertz CT molecular complexity index is 783. The number of sulfonamides is 1. The third kappa shape index (κ3) is 2.45. The number of fused-ring (bicyclic) bond motifs is 1. The van der Waals surface area contributed by atoms with Crippen molar-refractivity contribution < 1.29 is 8.42 Å². The molecule has 112 valence electrons. The molecule has 1 unspecified atom stereocenters. The molecule has 1 aromatic heterocycles. The van der Waals surface area contributed by atoms with E-state index in [0.717, 1.165) is 10.2 Å². The molecule has 3 rings (SSSR count). The number of benzene rings is 1. The summed E-state index contributed by atoms with van der Waals surface area (Å²) >= 11 is 3.34. The minimum atomic E-state index is -3.48. The molecule has 1 aliphatic rings. The van der Waals surface area contributed by atoms with Gasteiger partial charge in [0.1, 0.15) is 0 Å². The first-order valence-electron chi connectivity index (χ1n) is 6.84. The molecule has 0 N–H and O–H groups in total. The van der Waals surface area contributed by atoms with E-state index in [0.29, 0.717) is 18.0 Å². The zero-order chi connectivity index (χ0) is 15.2. The van der Waals surface area contributed by atoms with Crippen molar-refractivity contribution in [3.63, 3.8) is 0 Å². The lowest BCUT2D eigenvalue weighted by atomic mass is 10.2. The average molecular weight is 369 g/mol. The third-order valence-corrected chi connectivity index (χ3v) is 6.50. The number of nitrogens with zero attached hydrogens (tertiary/aromatic N) is 2. The van der Waals surface area contributed by atoms with Gasteiger partial charge in [0.15, 0.2) is 0 Å². The third-order valence-electron chi connectivity index (χ3n) is 4.04. The number of hydrogen-bond acceptors (Lipinski definition) is 2. The molecule has 0 fully saturated rings. The van der Waals surface area contributed by atoms with Gasteiger partial charge >= 0.3 is 0 Å². The maximum absolute atomic E-state index is 12.9. The Balaban J connectivity index is 2.01. The molecule has 0 saturated carbocycles. The van der Waals surface area contributed by atoms with Crippen LogP contribution in [0.1, 0.15) is 24.4 Å². The maximum atomic E-state index is 12.9. The topological polar surface area (TPSA) is 42.3 Å². The minimum absolute atomic E-state index is 0.156. The molecule has 0 spiro atoms. The second-order valence-corrected chi connectivity index (χ2v) is 8.11. The van der Waals surface area contributed by atoms with Crippen LogP contribution in [0.5, 0.6) is 0 Å². The Hall–Kier alpha value is -1.11. The van der Waals surface area contributed by atoms with Crippen LogP contribution in [0.3, 0.4) is 0 Å². The second-order valence-electron chi connectivity index (χ2n) is 5.30. The summed E-state index contributed by atoms with van der Waals surface area (Å²) in [4.78, 5) is 0.334. The monoisotopic (exact) mass is 368 g/mol. The maximum Gasteiger partial charge on any atom is 0.243 e. The number of hydrogen-bond donors (Lipinski definition) is 0. The molecule has 0 amide bonds. The first-order chi connectivity index (χ1) is 9.91. The van der Waals surface area contributed by atoms with Gasteiger partial charge in [-0.3, -0.25) is 0 Å². The summed E-state index contributed by atoms with van der Waals surface area (Å²) in [6.45, 7) is 5.19. The van der Waals surface area contributed by atoms with Crippen LogP contribution >= 0.6 is 15.9 Å². The first-order valence-corrected chi connectivity index (χ1v) is 9.08. The number of halogens is 1. The predicted octanol–water partition coefficient (Wildman–Crippen LogP) is 3.32. The van der Waals surface area contributed by atoms with Crippen molar-refractivity contribution in [1.82, 2.24) is 8.87 Å². The van der Waals surface area contributed by atoms with Crippen molar-refractivity contribution in [3.05, 3.63) is 52.3 Å². The van der Waals surface area contributed by atoms with Gasteiger partial charge in [0.05, 0.1) is 10.9 Å². The molecule has 0 saturated heterocycles. The summed E-state index contributed by atoms with van der Waals surface area (Å²) in [5.74, 6) is 0. The predicted molar refractivity (Wildman–Crippen MR) is 85.6 cm³/mol. The van der Waals surface area contributed by atoms with Gasteiger partial charge < -0.3 is 4.57 Å². The molecule has 1 aromatic carbocycles. The number of aromatic nitrogens is 1. The van der Waals surface area contributed by atoms with Crippen LogP contribution in [0.2, 0.25) is 0 Å². The second kappa shape index (κ2) is 5.26. The van der Waals surface area contributed by atoms with E-state index in [1.54, 1.807) is 22.5 Å². The van der Waals surface area contributed by atoms with E-state index in [-0.39, 0.29) is 6.04 Å². The largest absolute Gasteiger partial charge is 0.346 e. The lowest BCUT2D eigenvalue weighted by Gasteiger charge is -2.34. The van der Waals surface area contributed by atoms with Crippen LogP contribution in [0.4, 0.5) is 0 Å². The summed E-state index contributed by atoms with van der Waals surface area (Å²) in [6, 6.07) is 10.8. The molecule has 4 nitrogen and oxygen atoms in total. The Morgan fingerprint density at radius 3 is 2.67 bits per heavy atom. The molecule has 6 heteroatoms. The highest BCUT2D eigenvalue weighted by Crippen LogP contribution is 2.32. The summed E-state index contributed by atoms with van der Waals surface area (Å²) in [7, 11) is -3.48. The van der Waals surface area contributed by atoms with Crippen LogP contribution < -0.4 is 0 Å². The van der Waals surface area contributed by atoms with E-state index in [4.69, 9.17) is 0 Å². The van der Waals surface area contributed by atoms with Crippen LogP contribution in [0.25, 0.3) is 0 Å². The standard InChI is InChI=1S/C15H17BrN2O2S/c1-11-6-7-15-12(2)18(9-8-17(11)15)21(19,20)14-5-3-4-13(16)10-14/h3-7,10,12H,8-9H2,1-2H3. The van der Waals surface area contributed by atoms with Crippen molar-refractivity contribution in [2.75, 3.05) is 6.54 Å². The van der Waals surface area contributed by atoms with Crippen molar-refractivity contribution in [2.45, 2.75) is 31.3 Å². The van der Waals surface area contributed by atoms with E-state index < -0.39 is 10.0 Å². The Morgan fingerprint density at radius 2 is 1.95 bits per heavy atom. The lowest BCUT2D eigenvalue weighted by molar-refractivity contribution is 0.280. The highest BCUT2D eigenvalue weighted by molar-refractivity contribution is 9.10. The van der Waals surface area contributed by atoms with Gasteiger partial charge in [0.25, 0.3) is 0 Å². The lowest BCUT2D eigenvalue weighted by Crippen LogP contribution is -2.40. The smallest absolute Gasteiger partial charge is 0.243 e. The van der Waals surface area contributed by atoms with Gasteiger partial charge in [-0.05, 0) is 44.2 Å². The Morgan fingerprint density at radius 1 is 1.19 bits per heavy atom. The van der Waals surface area contributed by atoms with Gasteiger partial charge in [0, 0.05) is 29.0 Å². The van der Waals surface area contributed by atoms with Crippen LogP contribution in [0.15, 0.2) is 45.8 Å². The van der Waals surface area contributed by atoms with E-state index in [1.165, 1.54) is 5.69 Å². The van der Waals surface area contributed by atoms with E-state index in [9.17, 15) is 8.42 Å². The van der Waals surface area contributed by atoms with Crippen LogP contribution in [-0.4, -0.2) is 23.8 Å². The fraction of sp³-hybridized carbons (Fsp3) is 0.333. The van der Waals surface area contributed by atoms with Gasteiger partial charge in [-0.2, -0.15) is 4.31 Å². The SMILES string of the molecule is Cc1ccc2n1CCN(S(=O)(=O)c1cccc(Br)c1)C2C. The summed E-state index contributed by atoms with van der Waals surface area (Å²) < 4.78 is 30.3. The molecule has 1 atom stereocenters. The molecule has 0 radical (unpaired) electrons. The zero-order valence-electron chi connectivity index (χ0n) is 12.0. The van der Waals surface area contributed by atoms with Crippen molar-refractivity contribution in [1.29, 1.82) is 0 Å². The fourth-order valence-corrected chi connectivity index (χ4v) is 5.09. The zero-order valence-corrected chi connectivity index (χ0v) is 14.4. The van der Waals surface area contributed by atoms with E-state index >= 15 is 0 Å². The molecular formula is C15H17BrN2O2S. The molecule has 0 aliphatic carbocycles. The quantitative estimate of drug-likeness (QED) is 0.815. The van der Waals surface area contributed by atoms with Gasteiger partial charge in [-0.1, -0.05) is 22.0 Å². The van der Waals surface area contributed by atoms with Crippen LogP contribution in [-0.2, 0) is 16.6 Å². The van der Waals surface area contributed by atoms with E-state index in [2.05, 4.69) is 27.4 Å². The van der Waals surface area contributed by atoms with Gasteiger partial charge in [-0.15, -0.1) is 0 Å². The van der Waals surface area contributed by atoms with Gasteiger partial charge in [-0.25, -0.2) is 8.42 Å². The Labute approximate surface area is 133 Å². The van der Waals surface area contributed by atoms with Crippen molar-refractivity contribution in [3.8, 4) is 0 Å². The number of aryl methyl sites for hydroxylation is 1. The molecule has 1 aliphatic heterocycles. The summed E-state index contributed by atoms with van der Waals surface area (Å²) in [6.07, 6.45) is 0. The van der Waals surface area contributed by atoms with Crippen molar-refractivity contribution in [2.24, 2.45) is 0 Å².